The Labute approximate surface area is 190 Å². The van der Waals surface area contributed by atoms with Crippen LogP contribution in [0.2, 0.25) is 0 Å². The summed E-state index contributed by atoms with van der Waals surface area (Å²) in [5.41, 5.74) is 0.491. The van der Waals surface area contributed by atoms with Crippen LogP contribution in [0.3, 0.4) is 0 Å². The van der Waals surface area contributed by atoms with Crippen LogP contribution in [-0.2, 0) is 12.7 Å². The van der Waals surface area contributed by atoms with Gasteiger partial charge in [0.1, 0.15) is 5.69 Å². The molecule has 2 aliphatic rings. The second-order valence-corrected chi connectivity index (χ2v) is 8.80. The molecule has 7 nitrogen and oxygen atoms in total. The number of piperazine rings is 1. The molecule has 1 atom stereocenters. The number of hydrogen-bond donors (Lipinski definition) is 0. The Morgan fingerprint density at radius 3 is 2.42 bits per heavy atom. The van der Waals surface area contributed by atoms with E-state index in [9.17, 15) is 22.8 Å². The van der Waals surface area contributed by atoms with Crippen LogP contribution in [0.4, 0.5) is 23.7 Å². The molecular weight excluding hydrogens is 435 g/mol. The van der Waals surface area contributed by atoms with E-state index in [1.807, 2.05) is 16.7 Å². The summed E-state index contributed by atoms with van der Waals surface area (Å²) in [5, 5.41) is 4.02. The van der Waals surface area contributed by atoms with Gasteiger partial charge in [0, 0.05) is 64.1 Å². The van der Waals surface area contributed by atoms with E-state index < -0.39 is 11.7 Å². The number of ketones is 1. The maximum Gasteiger partial charge on any atom is 0.416 e. The molecule has 1 aromatic heterocycles. The van der Waals surface area contributed by atoms with E-state index >= 15 is 0 Å². The van der Waals surface area contributed by atoms with Crippen LogP contribution in [0.15, 0.2) is 30.5 Å². The average molecular weight is 464 g/mol. The normalized spacial score (nSPS) is 19.8. The molecule has 2 aromatic rings. The summed E-state index contributed by atoms with van der Waals surface area (Å²) in [6.07, 6.45) is -0.976. The largest absolute Gasteiger partial charge is 0.416 e. The highest BCUT2D eigenvalue weighted by Crippen LogP contribution is 2.36. The van der Waals surface area contributed by atoms with Crippen LogP contribution in [0.1, 0.15) is 48.3 Å². The average Bonchev–Trinajstić information content (AvgIpc) is 3.45. The van der Waals surface area contributed by atoms with Gasteiger partial charge in [-0.15, -0.1) is 0 Å². The highest BCUT2D eigenvalue weighted by Gasteiger charge is 2.36. The third kappa shape index (κ3) is 5.05. The quantitative estimate of drug-likeness (QED) is 0.644. The molecule has 0 N–H and O–H groups in total. The van der Waals surface area contributed by atoms with E-state index in [0.717, 1.165) is 30.6 Å². The van der Waals surface area contributed by atoms with Crippen LogP contribution in [0, 0.1) is 0 Å². The molecule has 178 valence electrons. The van der Waals surface area contributed by atoms with Crippen LogP contribution in [0.5, 0.6) is 0 Å². The third-order valence-electron chi connectivity index (χ3n) is 6.37. The molecule has 2 aliphatic heterocycles. The number of carbonyl (C=O) groups is 2. The molecule has 0 spiro atoms. The van der Waals surface area contributed by atoms with Crippen molar-refractivity contribution in [1.82, 2.24) is 19.6 Å². The van der Waals surface area contributed by atoms with Crippen molar-refractivity contribution in [3.8, 4) is 0 Å². The first-order chi connectivity index (χ1) is 15.6. The maximum atomic E-state index is 13.8. The molecule has 0 radical (unpaired) electrons. The van der Waals surface area contributed by atoms with E-state index in [4.69, 9.17) is 0 Å². The minimum atomic E-state index is -4.43. The first kappa shape index (κ1) is 23.3. The van der Waals surface area contributed by atoms with Gasteiger partial charge in [-0.05, 0) is 43.5 Å². The molecule has 0 bridgehead atoms. The number of aromatic nitrogens is 2. The lowest BCUT2D eigenvalue weighted by Gasteiger charge is -2.39. The number of carbonyl (C=O) groups excluding carboxylic acids is 2. The summed E-state index contributed by atoms with van der Waals surface area (Å²) in [4.78, 5) is 29.8. The zero-order chi connectivity index (χ0) is 23.8. The molecule has 2 saturated heterocycles. The summed E-state index contributed by atoms with van der Waals surface area (Å²) >= 11 is 0. The fourth-order valence-electron chi connectivity index (χ4n) is 4.59. The summed E-state index contributed by atoms with van der Waals surface area (Å²) in [6, 6.07) is 5.57. The Hall–Kier alpha value is -2.88. The van der Waals surface area contributed by atoms with Crippen LogP contribution < -0.4 is 4.90 Å². The van der Waals surface area contributed by atoms with E-state index in [0.29, 0.717) is 25.3 Å². The second kappa shape index (κ2) is 9.17. The molecule has 1 amide bonds. The summed E-state index contributed by atoms with van der Waals surface area (Å²) in [6.45, 7) is 6.23. The zero-order valence-electron chi connectivity index (χ0n) is 18.8. The van der Waals surface area contributed by atoms with Gasteiger partial charge >= 0.3 is 12.2 Å². The number of hydrogen-bond acceptors (Lipinski definition) is 5. The minimum absolute atomic E-state index is 0.164. The predicted octanol–water partition coefficient (Wildman–Crippen LogP) is 3.88. The third-order valence-corrected chi connectivity index (χ3v) is 6.37. The lowest BCUT2D eigenvalue weighted by atomic mass is 10.0. The molecule has 1 aromatic carbocycles. The Kier molecular flexibility index (Phi) is 6.47. The van der Waals surface area contributed by atoms with Crippen LogP contribution >= 0.6 is 0 Å². The van der Waals surface area contributed by atoms with Crippen molar-refractivity contribution in [3.63, 3.8) is 0 Å². The lowest BCUT2D eigenvalue weighted by molar-refractivity contribution is -0.138. The SMILES string of the molecule is CC(=O)c1ccn(C(=O)N2CCN(Cc3ccc(N4CCCC4)cc3C(F)(F)F)C[C@@H]2C)n1. The van der Waals surface area contributed by atoms with E-state index in [2.05, 4.69) is 5.10 Å². The second-order valence-electron chi connectivity index (χ2n) is 8.80. The molecule has 0 unspecified atom stereocenters. The number of Topliss-reactive ketones (excluding diaryl/α,β-unsaturated/α-hetero) is 1. The number of amides is 1. The molecule has 0 saturated carbocycles. The Balaban J connectivity index is 1.45. The summed E-state index contributed by atoms with van der Waals surface area (Å²) in [5.74, 6) is -0.226. The van der Waals surface area contributed by atoms with Gasteiger partial charge < -0.3 is 9.80 Å². The van der Waals surface area contributed by atoms with E-state index in [1.54, 1.807) is 17.0 Å². The standard InChI is InChI=1S/C23H28F3N5O2/c1-16-14-28(11-12-30(16)22(33)31-10-7-21(27-31)17(2)32)15-18-5-6-19(29-8-3-4-9-29)13-20(18)23(24,25)26/h5-7,10,13,16H,3-4,8-9,11-12,14-15H2,1-2H3/t16-/m0/s1. The molecular formula is C23H28F3N5O2. The van der Waals surface area contributed by atoms with Crippen molar-refractivity contribution >= 4 is 17.5 Å². The summed E-state index contributed by atoms with van der Waals surface area (Å²) < 4.78 is 42.7. The monoisotopic (exact) mass is 463 g/mol. The van der Waals surface area contributed by atoms with Gasteiger partial charge in [0.05, 0.1) is 5.56 Å². The van der Waals surface area contributed by atoms with Gasteiger partial charge in [0.2, 0.25) is 0 Å². The number of nitrogens with zero attached hydrogens (tertiary/aromatic N) is 5. The van der Waals surface area contributed by atoms with Crippen molar-refractivity contribution in [3.05, 3.63) is 47.3 Å². The number of alkyl halides is 3. The Morgan fingerprint density at radius 1 is 1.09 bits per heavy atom. The number of anilines is 1. The lowest BCUT2D eigenvalue weighted by Crippen LogP contribution is -2.54. The van der Waals surface area contributed by atoms with Crippen molar-refractivity contribution in [2.24, 2.45) is 0 Å². The van der Waals surface area contributed by atoms with Gasteiger partial charge in [-0.25, -0.2) is 4.79 Å². The van der Waals surface area contributed by atoms with Crippen molar-refractivity contribution in [2.45, 2.75) is 45.5 Å². The molecule has 2 fully saturated rings. The highest BCUT2D eigenvalue weighted by molar-refractivity contribution is 5.92. The molecule has 10 heteroatoms. The van der Waals surface area contributed by atoms with Gasteiger partial charge in [0.25, 0.3) is 0 Å². The highest BCUT2D eigenvalue weighted by atomic mass is 19.4. The van der Waals surface area contributed by atoms with Gasteiger partial charge in [-0.1, -0.05) is 6.07 Å². The van der Waals surface area contributed by atoms with E-state index in [-0.39, 0.29) is 35.7 Å². The molecule has 33 heavy (non-hydrogen) atoms. The van der Waals surface area contributed by atoms with Gasteiger partial charge in [-0.3, -0.25) is 9.69 Å². The maximum absolute atomic E-state index is 13.8. The molecule has 4 rings (SSSR count). The fraction of sp³-hybridized carbons (Fsp3) is 0.522. The number of benzene rings is 1. The van der Waals surface area contributed by atoms with Gasteiger partial charge in [0.15, 0.2) is 5.78 Å². The first-order valence-electron chi connectivity index (χ1n) is 11.2. The Bertz CT molecular complexity index is 1030. The number of halogens is 3. The molecule has 0 aliphatic carbocycles. The minimum Gasteiger partial charge on any atom is -0.372 e. The number of rotatable bonds is 4. The zero-order valence-corrected chi connectivity index (χ0v) is 18.8. The first-order valence-corrected chi connectivity index (χ1v) is 11.2. The predicted molar refractivity (Wildman–Crippen MR) is 117 cm³/mol. The van der Waals surface area contributed by atoms with Crippen molar-refractivity contribution in [1.29, 1.82) is 0 Å². The smallest absolute Gasteiger partial charge is 0.372 e. The fourth-order valence-corrected chi connectivity index (χ4v) is 4.59. The van der Waals surface area contributed by atoms with Gasteiger partial charge in [-0.2, -0.15) is 23.0 Å². The van der Waals surface area contributed by atoms with Crippen molar-refractivity contribution in [2.75, 3.05) is 37.6 Å². The summed E-state index contributed by atoms with van der Waals surface area (Å²) in [7, 11) is 0. The topological polar surface area (TPSA) is 61.7 Å². The van der Waals surface area contributed by atoms with Crippen LogP contribution in [0.25, 0.3) is 0 Å². The van der Waals surface area contributed by atoms with Crippen LogP contribution in [-0.4, -0.2) is 70.2 Å². The molecule has 3 heterocycles. The van der Waals surface area contributed by atoms with E-state index in [1.165, 1.54) is 25.3 Å². The van der Waals surface area contributed by atoms with Crippen molar-refractivity contribution < 1.29 is 22.8 Å². The Morgan fingerprint density at radius 2 is 1.82 bits per heavy atom.